The molecule has 0 atom stereocenters. The van der Waals surface area contributed by atoms with Crippen molar-refractivity contribution in [2.45, 2.75) is 6.61 Å². The monoisotopic (exact) mass is 375 g/mol. The molecule has 0 saturated carbocycles. The second kappa shape index (κ2) is 7.48. The van der Waals surface area contributed by atoms with Crippen molar-refractivity contribution in [2.24, 2.45) is 0 Å². The van der Waals surface area contributed by atoms with E-state index in [1.165, 1.54) is 11.3 Å². The van der Waals surface area contributed by atoms with E-state index in [4.69, 9.17) is 4.74 Å². The van der Waals surface area contributed by atoms with E-state index in [0.717, 1.165) is 32.2 Å². The molecule has 0 saturated heterocycles. The first-order valence-electron chi connectivity index (χ1n) is 7.89. The lowest BCUT2D eigenvalue weighted by atomic mass is 10.1. The third-order valence-corrected chi connectivity index (χ3v) is 5.41. The zero-order valence-corrected chi connectivity index (χ0v) is 15.3. The number of nitrogens with zero attached hydrogens (tertiary/aromatic N) is 3. The highest BCUT2D eigenvalue weighted by Crippen LogP contribution is 2.28. The Balaban J connectivity index is 1.53. The highest BCUT2D eigenvalue weighted by Gasteiger charge is 2.08. The Hall–Kier alpha value is -3.01. The molecular weight excluding hydrogens is 362 g/mol. The third-order valence-electron chi connectivity index (χ3n) is 3.71. The van der Waals surface area contributed by atoms with E-state index >= 15 is 0 Å². The topological polar surface area (TPSA) is 58.8 Å². The maximum atomic E-state index is 9.53. The van der Waals surface area contributed by atoms with E-state index in [1.807, 2.05) is 60.0 Å². The third kappa shape index (κ3) is 3.64. The summed E-state index contributed by atoms with van der Waals surface area (Å²) in [5.41, 5.74) is 5.11. The van der Waals surface area contributed by atoms with Crippen molar-refractivity contribution < 1.29 is 4.74 Å². The number of para-hydroxylation sites is 1. The van der Waals surface area contributed by atoms with Crippen LogP contribution in [0.5, 0.6) is 5.75 Å². The van der Waals surface area contributed by atoms with E-state index in [-0.39, 0.29) is 0 Å². The predicted octanol–water partition coefficient (Wildman–Crippen LogP) is 5.40. The minimum absolute atomic E-state index is 0.452. The maximum absolute atomic E-state index is 9.53. The average molecular weight is 375 g/mol. The summed E-state index contributed by atoms with van der Waals surface area (Å²) >= 11 is 3.08. The Morgan fingerprint density at radius 3 is 2.73 bits per heavy atom. The van der Waals surface area contributed by atoms with Gasteiger partial charge in [0, 0.05) is 5.38 Å². The number of nitriles is 1. The van der Waals surface area contributed by atoms with E-state index in [0.29, 0.717) is 12.2 Å². The zero-order valence-electron chi connectivity index (χ0n) is 13.6. The van der Waals surface area contributed by atoms with E-state index in [2.05, 4.69) is 16.0 Å². The molecule has 2 aromatic heterocycles. The molecule has 126 valence electrons. The molecule has 0 aliphatic carbocycles. The first-order valence-corrected chi connectivity index (χ1v) is 9.65. The molecule has 6 heteroatoms. The fourth-order valence-electron chi connectivity index (χ4n) is 2.42. The quantitative estimate of drug-likeness (QED) is 0.438. The van der Waals surface area contributed by atoms with Gasteiger partial charge >= 0.3 is 0 Å². The van der Waals surface area contributed by atoms with Gasteiger partial charge in [0.05, 0.1) is 27.0 Å². The number of aromatic nitrogens is 2. The fraction of sp³-hybridized carbons (Fsp3) is 0.0500. The van der Waals surface area contributed by atoms with Crippen LogP contribution in [-0.4, -0.2) is 9.97 Å². The lowest BCUT2D eigenvalue weighted by molar-refractivity contribution is 0.302. The van der Waals surface area contributed by atoms with Crippen molar-refractivity contribution >= 4 is 44.5 Å². The average Bonchev–Trinajstić information content (AvgIpc) is 3.34. The Kier molecular flexibility index (Phi) is 4.73. The number of allylic oxidation sites excluding steroid dienone is 1. The van der Waals surface area contributed by atoms with Crippen LogP contribution in [0.2, 0.25) is 0 Å². The van der Waals surface area contributed by atoms with Crippen LogP contribution < -0.4 is 4.74 Å². The number of hydrogen-bond donors (Lipinski definition) is 0. The number of ether oxygens (including phenoxy) is 1. The van der Waals surface area contributed by atoms with Gasteiger partial charge in [0.25, 0.3) is 0 Å². The van der Waals surface area contributed by atoms with E-state index < -0.39 is 0 Å². The maximum Gasteiger partial charge on any atom is 0.135 e. The smallest absolute Gasteiger partial charge is 0.135 e. The highest BCUT2D eigenvalue weighted by atomic mass is 32.1. The van der Waals surface area contributed by atoms with E-state index in [1.54, 1.807) is 16.8 Å². The van der Waals surface area contributed by atoms with Crippen LogP contribution in [0.1, 0.15) is 16.3 Å². The van der Waals surface area contributed by atoms with E-state index in [9.17, 15) is 5.26 Å². The standard InChI is InChI=1S/C20H13N3OS2/c21-10-15(20-23-18-3-1-2-4-19(18)26-20)9-14-5-7-17(8-6-14)24-11-16-12-25-13-22-16/h1-9,12-13H,11H2/b15-9-. The highest BCUT2D eigenvalue weighted by molar-refractivity contribution is 7.19. The molecule has 0 aliphatic rings. The SMILES string of the molecule is N#C/C(=C/c1ccc(OCc2cscn2)cc1)c1nc2ccccc2s1. The van der Waals surface area contributed by atoms with Crippen LogP contribution in [0.4, 0.5) is 0 Å². The van der Waals surface area contributed by atoms with Crippen LogP contribution >= 0.6 is 22.7 Å². The van der Waals surface area contributed by atoms with Crippen molar-refractivity contribution in [1.82, 2.24) is 9.97 Å². The zero-order chi connectivity index (χ0) is 17.8. The normalized spacial score (nSPS) is 11.4. The lowest BCUT2D eigenvalue weighted by Crippen LogP contribution is -1.95. The van der Waals surface area contributed by atoms with Gasteiger partial charge in [-0.15, -0.1) is 22.7 Å². The van der Waals surface area contributed by atoms with Gasteiger partial charge in [0.1, 0.15) is 23.4 Å². The molecular formula is C20H13N3OS2. The largest absolute Gasteiger partial charge is 0.487 e. The number of benzene rings is 2. The predicted molar refractivity (Wildman–Crippen MR) is 106 cm³/mol. The number of rotatable bonds is 5. The van der Waals surface area contributed by atoms with Gasteiger partial charge in [-0.25, -0.2) is 9.97 Å². The number of fused-ring (bicyclic) bond motifs is 1. The molecule has 2 heterocycles. The van der Waals surface area contributed by atoms with Crippen LogP contribution in [0.15, 0.2) is 59.4 Å². The molecule has 0 radical (unpaired) electrons. The summed E-state index contributed by atoms with van der Waals surface area (Å²) in [6.07, 6.45) is 1.85. The Labute approximate surface area is 158 Å². The van der Waals surface area contributed by atoms with Crippen LogP contribution in [-0.2, 0) is 6.61 Å². The van der Waals surface area contributed by atoms with Crippen molar-refractivity contribution in [3.63, 3.8) is 0 Å². The summed E-state index contributed by atoms with van der Waals surface area (Å²) in [7, 11) is 0. The summed E-state index contributed by atoms with van der Waals surface area (Å²) in [6, 6.07) is 17.8. The molecule has 0 fully saturated rings. The van der Waals surface area contributed by atoms with Gasteiger partial charge in [0.15, 0.2) is 0 Å². The van der Waals surface area contributed by atoms with Gasteiger partial charge in [-0.05, 0) is 35.9 Å². The first-order chi connectivity index (χ1) is 12.8. The van der Waals surface area contributed by atoms with Crippen molar-refractivity contribution in [3.05, 3.63) is 75.7 Å². The molecule has 0 unspecified atom stereocenters. The van der Waals surface area contributed by atoms with Crippen LogP contribution in [0.25, 0.3) is 21.9 Å². The van der Waals surface area contributed by atoms with Crippen molar-refractivity contribution in [3.8, 4) is 11.8 Å². The molecule has 2 aromatic carbocycles. The number of thiazole rings is 2. The molecule has 4 rings (SSSR count). The minimum atomic E-state index is 0.452. The molecule has 0 aliphatic heterocycles. The lowest BCUT2D eigenvalue weighted by Gasteiger charge is -2.04. The first kappa shape index (κ1) is 16.5. The summed E-state index contributed by atoms with van der Waals surface area (Å²) in [5, 5.41) is 12.2. The van der Waals surface area contributed by atoms with Gasteiger partial charge in [-0.2, -0.15) is 5.26 Å². The van der Waals surface area contributed by atoms with Crippen molar-refractivity contribution in [1.29, 1.82) is 5.26 Å². The van der Waals surface area contributed by atoms with Crippen molar-refractivity contribution in [2.75, 3.05) is 0 Å². The fourth-order valence-corrected chi connectivity index (χ4v) is 3.90. The molecule has 26 heavy (non-hydrogen) atoms. The molecule has 0 N–H and O–H groups in total. The molecule has 0 spiro atoms. The molecule has 4 aromatic rings. The summed E-state index contributed by atoms with van der Waals surface area (Å²) < 4.78 is 6.79. The Morgan fingerprint density at radius 1 is 1.15 bits per heavy atom. The second-order valence-electron chi connectivity index (χ2n) is 5.49. The second-order valence-corrected chi connectivity index (χ2v) is 7.24. The van der Waals surface area contributed by atoms with Gasteiger partial charge < -0.3 is 4.74 Å². The summed E-state index contributed by atoms with van der Waals surface area (Å²) in [5.74, 6) is 0.772. The Morgan fingerprint density at radius 2 is 2.00 bits per heavy atom. The summed E-state index contributed by atoms with van der Waals surface area (Å²) in [4.78, 5) is 8.75. The van der Waals surface area contributed by atoms with Gasteiger partial charge in [-0.1, -0.05) is 24.3 Å². The molecule has 4 nitrogen and oxygen atoms in total. The Bertz CT molecular complexity index is 1060. The number of hydrogen-bond acceptors (Lipinski definition) is 6. The molecule has 0 amide bonds. The van der Waals surface area contributed by atoms with Gasteiger partial charge in [0.2, 0.25) is 0 Å². The minimum Gasteiger partial charge on any atom is -0.487 e. The molecule has 0 bridgehead atoms. The van der Waals surface area contributed by atoms with Crippen LogP contribution in [0.3, 0.4) is 0 Å². The summed E-state index contributed by atoms with van der Waals surface area (Å²) in [6.45, 7) is 0.452. The van der Waals surface area contributed by atoms with Gasteiger partial charge in [-0.3, -0.25) is 0 Å². The van der Waals surface area contributed by atoms with Crippen LogP contribution in [0, 0.1) is 11.3 Å².